The van der Waals surface area contributed by atoms with Gasteiger partial charge >= 0.3 is 0 Å². The molecule has 2 unspecified atom stereocenters. The SMILES string of the molecule is CCCCCCCCC/C=C/CC/C=C/C(O)C(CO)NC(=O)CCCCCCCCCCC. The van der Waals surface area contributed by atoms with Crippen LogP contribution in [-0.4, -0.2) is 34.9 Å². The molecule has 0 saturated carbocycles. The molecule has 0 aromatic heterocycles. The minimum absolute atomic E-state index is 0.0808. The molecular weight excluding hydrogens is 422 g/mol. The van der Waals surface area contributed by atoms with E-state index in [1.807, 2.05) is 6.08 Å². The second-order valence-electron chi connectivity index (χ2n) is 9.81. The molecule has 34 heavy (non-hydrogen) atoms. The summed E-state index contributed by atoms with van der Waals surface area (Å²) in [5.74, 6) is -0.0808. The van der Waals surface area contributed by atoms with E-state index in [0.717, 1.165) is 32.1 Å². The number of unbranched alkanes of at least 4 members (excludes halogenated alkanes) is 16. The van der Waals surface area contributed by atoms with Crippen LogP contribution < -0.4 is 5.32 Å². The summed E-state index contributed by atoms with van der Waals surface area (Å²) in [5, 5.41) is 22.6. The Kier molecular flexibility index (Phi) is 25.6. The lowest BCUT2D eigenvalue weighted by molar-refractivity contribution is -0.123. The fraction of sp³-hybridized carbons (Fsp3) is 0.833. The van der Waals surface area contributed by atoms with Gasteiger partial charge in [-0.25, -0.2) is 0 Å². The van der Waals surface area contributed by atoms with Crippen molar-refractivity contribution in [2.24, 2.45) is 0 Å². The van der Waals surface area contributed by atoms with Gasteiger partial charge in [-0.1, -0.05) is 128 Å². The Labute approximate surface area is 211 Å². The Morgan fingerprint density at radius 3 is 1.71 bits per heavy atom. The average molecular weight is 480 g/mol. The second-order valence-corrected chi connectivity index (χ2v) is 9.81. The monoisotopic (exact) mass is 479 g/mol. The van der Waals surface area contributed by atoms with E-state index >= 15 is 0 Å². The van der Waals surface area contributed by atoms with Gasteiger partial charge in [-0.15, -0.1) is 0 Å². The van der Waals surface area contributed by atoms with Crippen LogP contribution in [0, 0.1) is 0 Å². The first-order valence-electron chi connectivity index (χ1n) is 14.6. The molecule has 0 aromatic carbocycles. The molecule has 0 fully saturated rings. The quantitative estimate of drug-likeness (QED) is 0.0924. The third-order valence-corrected chi connectivity index (χ3v) is 6.44. The van der Waals surface area contributed by atoms with Crippen LogP contribution in [0.15, 0.2) is 24.3 Å². The zero-order valence-corrected chi connectivity index (χ0v) is 22.6. The highest BCUT2D eigenvalue weighted by Crippen LogP contribution is 2.11. The highest BCUT2D eigenvalue weighted by molar-refractivity contribution is 5.76. The summed E-state index contributed by atoms with van der Waals surface area (Å²) in [6, 6.07) is -0.629. The van der Waals surface area contributed by atoms with Crippen molar-refractivity contribution in [3.63, 3.8) is 0 Å². The number of aliphatic hydroxyl groups excluding tert-OH is 2. The van der Waals surface area contributed by atoms with E-state index in [1.165, 1.54) is 89.9 Å². The zero-order valence-electron chi connectivity index (χ0n) is 22.6. The molecule has 200 valence electrons. The predicted molar refractivity (Wildman–Crippen MR) is 147 cm³/mol. The maximum Gasteiger partial charge on any atom is 0.220 e. The van der Waals surface area contributed by atoms with Gasteiger partial charge in [0.15, 0.2) is 0 Å². The van der Waals surface area contributed by atoms with Crippen LogP contribution in [0.25, 0.3) is 0 Å². The van der Waals surface area contributed by atoms with Crippen molar-refractivity contribution < 1.29 is 15.0 Å². The van der Waals surface area contributed by atoms with Crippen molar-refractivity contribution in [3.05, 3.63) is 24.3 Å². The van der Waals surface area contributed by atoms with Crippen molar-refractivity contribution in [2.45, 2.75) is 154 Å². The van der Waals surface area contributed by atoms with E-state index in [9.17, 15) is 15.0 Å². The molecule has 0 saturated heterocycles. The van der Waals surface area contributed by atoms with Gasteiger partial charge in [0, 0.05) is 6.42 Å². The lowest BCUT2D eigenvalue weighted by Gasteiger charge is -2.19. The zero-order chi connectivity index (χ0) is 25.1. The minimum Gasteiger partial charge on any atom is -0.394 e. The summed E-state index contributed by atoms with van der Waals surface area (Å²) >= 11 is 0. The highest BCUT2D eigenvalue weighted by atomic mass is 16.3. The first-order chi connectivity index (χ1) is 16.7. The summed E-state index contributed by atoms with van der Waals surface area (Å²) in [4.78, 5) is 12.1. The number of carbonyl (C=O) groups excluding carboxylic acids is 1. The highest BCUT2D eigenvalue weighted by Gasteiger charge is 2.17. The fourth-order valence-electron chi connectivity index (χ4n) is 4.13. The van der Waals surface area contributed by atoms with Gasteiger partial charge in [0.1, 0.15) is 0 Å². The van der Waals surface area contributed by atoms with Gasteiger partial charge in [0.05, 0.1) is 18.8 Å². The summed E-state index contributed by atoms with van der Waals surface area (Å²) in [5.41, 5.74) is 0. The van der Waals surface area contributed by atoms with Gasteiger partial charge < -0.3 is 15.5 Å². The Morgan fingerprint density at radius 2 is 1.15 bits per heavy atom. The lowest BCUT2D eigenvalue weighted by Crippen LogP contribution is -2.45. The van der Waals surface area contributed by atoms with Crippen molar-refractivity contribution >= 4 is 5.91 Å². The van der Waals surface area contributed by atoms with Crippen molar-refractivity contribution in [2.75, 3.05) is 6.61 Å². The lowest BCUT2D eigenvalue weighted by atomic mass is 10.1. The number of aliphatic hydroxyl groups is 2. The minimum atomic E-state index is -0.853. The van der Waals surface area contributed by atoms with Crippen LogP contribution in [0.3, 0.4) is 0 Å². The van der Waals surface area contributed by atoms with Crippen LogP contribution in [0.1, 0.15) is 142 Å². The van der Waals surface area contributed by atoms with E-state index < -0.39 is 12.1 Å². The molecule has 3 N–H and O–H groups in total. The number of hydrogen-bond acceptors (Lipinski definition) is 3. The summed E-state index contributed by atoms with van der Waals surface area (Å²) < 4.78 is 0. The Hall–Kier alpha value is -1.13. The smallest absolute Gasteiger partial charge is 0.220 e. The Balaban J connectivity index is 3.77. The van der Waals surface area contributed by atoms with Crippen LogP contribution >= 0.6 is 0 Å². The van der Waals surface area contributed by atoms with Gasteiger partial charge in [-0.05, 0) is 32.1 Å². The van der Waals surface area contributed by atoms with E-state index in [0.29, 0.717) is 6.42 Å². The van der Waals surface area contributed by atoms with Crippen molar-refractivity contribution in [1.29, 1.82) is 0 Å². The van der Waals surface area contributed by atoms with Gasteiger partial charge in [-0.2, -0.15) is 0 Å². The molecule has 0 aromatic rings. The molecule has 2 atom stereocenters. The molecule has 0 spiro atoms. The standard InChI is InChI=1S/C30H57NO3/c1-3-5-7-9-11-13-14-15-16-18-19-21-23-25-29(33)28(27-32)31-30(34)26-24-22-20-17-12-10-8-6-4-2/h16,18,23,25,28-29,32-33H,3-15,17,19-22,24,26-27H2,1-2H3,(H,31,34)/b18-16+,25-23+. The largest absolute Gasteiger partial charge is 0.394 e. The van der Waals surface area contributed by atoms with Crippen molar-refractivity contribution in [3.8, 4) is 0 Å². The average Bonchev–Trinajstić information content (AvgIpc) is 2.84. The summed E-state index contributed by atoms with van der Waals surface area (Å²) in [7, 11) is 0. The van der Waals surface area contributed by atoms with Crippen LogP contribution in [0.5, 0.6) is 0 Å². The van der Waals surface area contributed by atoms with Crippen LogP contribution in [0.2, 0.25) is 0 Å². The van der Waals surface area contributed by atoms with E-state index in [-0.39, 0.29) is 12.5 Å². The summed E-state index contributed by atoms with van der Waals surface area (Å²) in [6.45, 7) is 4.23. The number of nitrogens with one attached hydrogen (secondary N) is 1. The van der Waals surface area contributed by atoms with Gasteiger partial charge in [-0.3, -0.25) is 4.79 Å². The number of carbonyl (C=O) groups is 1. The molecule has 0 aliphatic rings. The predicted octanol–water partition coefficient (Wildman–Crippen LogP) is 7.78. The molecular formula is C30H57NO3. The van der Waals surface area contributed by atoms with Gasteiger partial charge in [0.25, 0.3) is 0 Å². The number of allylic oxidation sites excluding steroid dienone is 3. The molecule has 0 bridgehead atoms. The normalized spacial score (nSPS) is 13.6. The molecule has 4 heteroatoms. The molecule has 0 aliphatic carbocycles. The Bertz CT molecular complexity index is 489. The maximum absolute atomic E-state index is 12.1. The third-order valence-electron chi connectivity index (χ3n) is 6.44. The number of rotatable bonds is 25. The summed E-state index contributed by atoms with van der Waals surface area (Å²) in [6.07, 6.45) is 31.0. The molecule has 4 nitrogen and oxygen atoms in total. The molecule has 1 amide bonds. The van der Waals surface area contributed by atoms with Gasteiger partial charge in [0.2, 0.25) is 5.91 Å². The fourth-order valence-corrected chi connectivity index (χ4v) is 4.13. The van der Waals surface area contributed by atoms with Crippen molar-refractivity contribution in [1.82, 2.24) is 5.32 Å². The van der Waals surface area contributed by atoms with Crippen LogP contribution in [-0.2, 0) is 4.79 Å². The van der Waals surface area contributed by atoms with Crippen LogP contribution in [0.4, 0.5) is 0 Å². The third kappa shape index (κ3) is 22.7. The first-order valence-corrected chi connectivity index (χ1v) is 14.6. The van der Waals surface area contributed by atoms with E-state index in [4.69, 9.17) is 0 Å². The molecule has 0 aliphatic heterocycles. The number of hydrogen-bond donors (Lipinski definition) is 3. The molecule has 0 rings (SSSR count). The maximum atomic E-state index is 12.1. The molecule has 0 radical (unpaired) electrons. The van der Waals surface area contributed by atoms with E-state index in [2.05, 4.69) is 31.3 Å². The molecule has 0 heterocycles. The first kappa shape index (κ1) is 32.9. The topological polar surface area (TPSA) is 69.6 Å². The second kappa shape index (κ2) is 26.5. The number of amides is 1. The Morgan fingerprint density at radius 1 is 0.676 bits per heavy atom. The van der Waals surface area contributed by atoms with E-state index in [1.54, 1.807) is 6.08 Å².